The molecule has 2 aromatic rings. The van der Waals surface area contributed by atoms with E-state index in [9.17, 15) is 13.2 Å². The average molecular weight is 311 g/mol. The molecule has 0 bridgehead atoms. The van der Waals surface area contributed by atoms with Gasteiger partial charge in [-0.25, -0.2) is 4.99 Å². The van der Waals surface area contributed by atoms with Gasteiger partial charge < -0.3 is 9.26 Å². The molecule has 1 aliphatic heterocycles. The maximum atomic E-state index is 12.4. The number of hydrogen-bond donors (Lipinski definition) is 0. The third kappa shape index (κ3) is 2.81. The Bertz CT molecular complexity index is 718. The van der Waals surface area contributed by atoms with Crippen LogP contribution in [0.2, 0.25) is 0 Å². The van der Waals surface area contributed by atoms with E-state index in [1.807, 2.05) is 13.8 Å². The third-order valence-electron chi connectivity index (χ3n) is 3.02. The predicted molar refractivity (Wildman–Crippen MR) is 71.3 cm³/mol. The summed E-state index contributed by atoms with van der Waals surface area (Å²) in [6.45, 7) is 4.39. The van der Waals surface area contributed by atoms with Crippen LogP contribution < -0.4 is 0 Å². The highest BCUT2D eigenvalue weighted by Crippen LogP contribution is 2.29. The Morgan fingerprint density at radius 1 is 1.09 bits per heavy atom. The SMILES string of the molecule is CC1(C)COC(c2ccc(-c3noc(C(F)(F)F)n3)cc2)=N1. The van der Waals surface area contributed by atoms with Crippen LogP contribution in [0.1, 0.15) is 25.3 Å². The Kier molecular flexibility index (Phi) is 3.19. The molecule has 3 rings (SSSR count). The van der Waals surface area contributed by atoms with Crippen LogP contribution in [0.15, 0.2) is 33.8 Å². The van der Waals surface area contributed by atoms with E-state index in [4.69, 9.17) is 4.74 Å². The molecule has 0 N–H and O–H groups in total. The van der Waals surface area contributed by atoms with Crippen molar-refractivity contribution in [1.29, 1.82) is 0 Å². The average Bonchev–Trinajstić information content (AvgIpc) is 3.05. The Labute approximate surface area is 123 Å². The molecule has 0 amide bonds. The van der Waals surface area contributed by atoms with Crippen LogP contribution in [-0.4, -0.2) is 28.2 Å². The second-order valence-electron chi connectivity index (χ2n) is 5.52. The van der Waals surface area contributed by atoms with Gasteiger partial charge in [-0.05, 0) is 26.0 Å². The smallest absolute Gasteiger partial charge is 0.471 e. The van der Waals surface area contributed by atoms with Crippen LogP contribution in [0.5, 0.6) is 0 Å². The number of aliphatic imine (C=N–C) groups is 1. The molecule has 1 aromatic heterocycles. The van der Waals surface area contributed by atoms with Gasteiger partial charge in [0.05, 0.1) is 5.54 Å². The van der Waals surface area contributed by atoms with Gasteiger partial charge in [0.25, 0.3) is 0 Å². The summed E-state index contributed by atoms with van der Waals surface area (Å²) in [4.78, 5) is 7.76. The lowest BCUT2D eigenvalue weighted by atomic mass is 10.1. The number of aromatic nitrogens is 2. The molecule has 0 radical (unpaired) electrons. The number of ether oxygens (including phenoxy) is 1. The third-order valence-corrected chi connectivity index (χ3v) is 3.02. The minimum absolute atomic E-state index is 0.117. The van der Waals surface area contributed by atoms with Crippen molar-refractivity contribution in [1.82, 2.24) is 10.1 Å². The van der Waals surface area contributed by atoms with E-state index >= 15 is 0 Å². The van der Waals surface area contributed by atoms with Crippen molar-refractivity contribution in [3.63, 3.8) is 0 Å². The van der Waals surface area contributed by atoms with Crippen molar-refractivity contribution in [3.05, 3.63) is 35.7 Å². The van der Waals surface area contributed by atoms with Crippen molar-refractivity contribution in [2.45, 2.75) is 25.6 Å². The molecule has 0 aliphatic carbocycles. The highest BCUT2D eigenvalue weighted by molar-refractivity contribution is 5.95. The summed E-state index contributed by atoms with van der Waals surface area (Å²) in [5, 5.41) is 3.34. The Hall–Kier alpha value is -2.38. The predicted octanol–water partition coefficient (Wildman–Crippen LogP) is 3.31. The van der Waals surface area contributed by atoms with Crippen LogP contribution in [0.4, 0.5) is 13.2 Å². The molecule has 5 nitrogen and oxygen atoms in total. The van der Waals surface area contributed by atoms with Gasteiger partial charge in [0, 0.05) is 11.1 Å². The summed E-state index contributed by atoms with van der Waals surface area (Å²) < 4.78 is 47.0. The second kappa shape index (κ2) is 4.82. The van der Waals surface area contributed by atoms with Gasteiger partial charge in [0.15, 0.2) is 0 Å². The van der Waals surface area contributed by atoms with Crippen molar-refractivity contribution in [3.8, 4) is 11.4 Å². The fraction of sp³-hybridized carbons (Fsp3) is 0.357. The summed E-state index contributed by atoms with van der Waals surface area (Å²) in [6, 6.07) is 6.58. The first-order valence-corrected chi connectivity index (χ1v) is 6.49. The Morgan fingerprint density at radius 2 is 1.73 bits per heavy atom. The highest BCUT2D eigenvalue weighted by Gasteiger charge is 2.38. The van der Waals surface area contributed by atoms with E-state index in [-0.39, 0.29) is 11.4 Å². The van der Waals surface area contributed by atoms with E-state index in [2.05, 4.69) is 19.7 Å². The zero-order valence-electron chi connectivity index (χ0n) is 11.8. The topological polar surface area (TPSA) is 60.5 Å². The first-order chi connectivity index (χ1) is 10.2. The summed E-state index contributed by atoms with van der Waals surface area (Å²) in [7, 11) is 0. The summed E-state index contributed by atoms with van der Waals surface area (Å²) in [6.07, 6.45) is -4.65. The molecular formula is C14H12F3N3O2. The Morgan fingerprint density at radius 3 is 2.23 bits per heavy atom. The lowest BCUT2D eigenvalue weighted by molar-refractivity contribution is -0.159. The van der Waals surface area contributed by atoms with E-state index in [1.165, 1.54) is 0 Å². The molecule has 0 saturated carbocycles. The maximum absolute atomic E-state index is 12.4. The van der Waals surface area contributed by atoms with Gasteiger partial charge in [-0.15, -0.1) is 0 Å². The zero-order chi connectivity index (χ0) is 16.0. The van der Waals surface area contributed by atoms with Crippen LogP contribution in [0, 0.1) is 0 Å². The molecule has 0 fully saturated rings. The summed E-state index contributed by atoms with van der Waals surface area (Å²) >= 11 is 0. The largest absolute Gasteiger partial charge is 0.475 e. The first kappa shape index (κ1) is 14.6. The minimum Gasteiger partial charge on any atom is -0.475 e. The molecule has 0 atom stereocenters. The van der Waals surface area contributed by atoms with Gasteiger partial charge in [-0.3, -0.25) is 0 Å². The van der Waals surface area contributed by atoms with Gasteiger partial charge in [-0.2, -0.15) is 18.2 Å². The number of hydrogen-bond acceptors (Lipinski definition) is 5. The van der Waals surface area contributed by atoms with Gasteiger partial charge >= 0.3 is 12.1 Å². The number of rotatable bonds is 2. The zero-order valence-corrected chi connectivity index (χ0v) is 11.8. The number of halogens is 3. The van der Waals surface area contributed by atoms with E-state index in [0.717, 1.165) is 5.56 Å². The minimum atomic E-state index is -4.65. The highest BCUT2D eigenvalue weighted by atomic mass is 19.4. The normalized spacial score (nSPS) is 17.2. The van der Waals surface area contributed by atoms with Crippen LogP contribution >= 0.6 is 0 Å². The fourth-order valence-electron chi connectivity index (χ4n) is 1.95. The quantitative estimate of drug-likeness (QED) is 0.853. The van der Waals surface area contributed by atoms with Crippen molar-refractivity contribution in [2.75, 3.05) is 6.61 Å². The van der Waals surface area contributed by atoms with Crippen molar-refractivity contribution < 1.29 is 22.4 Å². The van der Waals surface area contributed by atoms with Gasteiger partial charge in [-0.1, -0.05) is 17.3 Å². The maximum Gasteiger partial charge on any atom is 0.471 e. The Balaban J connectivity index is 1.85. The fourth-order valence-corrected chi connectivity index (χ4v) is 1.95. The molecular weight excluding hydrogens is 299 g/mol. The molecule has 8 heteroatoms. The summed E-state index contributed by atoms with van der Waals surface area (Å²) in [5.74, 6) is -0.967. The lowest BCUT2D eigenvalue weighted by Crippen LogP contribution is -2.17. The van der Waals surface area contributed by atoms with Crippen LogP contribution in [-0.2, 0) is 10.9 Å². The van der Waals surface area contributed by atoms with E-state index < -0.39 is 12.1 Å². The molecule has 1 aliphatic rings. The number of nitrogens with zero attached hydrogens (tertiary/aromatic N) is 3. The van der Waals surface area contributed by atoms with E-state index in [1.54, 1.807) is 24.3 Å². The number of alkyl halides is 3. The molecule has 0 saturated heterocycles. The van der Waals surface area contributed by atoms with Crippen LogP contribution in [0.3, 0.4) is 0 Å². The molecule has 22 heavy (non-hydrogen) atoms. The van der Waals surface area contributed by atoms with Crippen molar-refractivity contribution in [2.24, 2.45) is 4.99 Å². The lowest BCUT2D eigenvalue weighted by Gasteiger charge is -2.07. The van der Waals surface area contributed by atoms with Gasteiger partial charge in [0.1, 0.15) is 6.61 Å². The van der Waals surface area contributed by atoms with Gasteiger partial charge in [0.2, 0.25) is 11.7 Å². The summed E-state index contributed by atoms with van der Waals surface area (Å²) in [5.41, 5.74) is 0.887. The molecule has 0 unspecified atom stereocenters. The standard InChI is InChI=1S/C14H12F3N3O2/c1-13(2)7-21-11(19-13)9-5-3-8(4-6-9)10-18-12(22-20-10)14(15,16)17/h3-6H,7H2,1-2H3. The monoisotopic (exact) mass is 311 g/mol. The molecule has 1 aromatic carbocycles. The first-order valence-electron chi connectivity index (χ1n) is 6.49. The number of benzene rings is 1. The second-order valence-corrected chi connectivity index (χ2v) is 5.52. The molecule has 116 valence electrons. The molecule has 2 heterocycles. The van der Waals surface area contributed by atoms with Crippen molar-refractivity contribution >= 4 is 5.90 Å². The molecule has 0 spiro atoms. The van der Waals surface area contributed by atoms with E-state index in [0.29, 0.717) is 18.1 Å². The van der Waals surface area contributed by atoms with Crippen LogP contribution in [0.25, 0.3) is 11.4 Å².